The van der Waals surface area contributed by atoms with Crippen LogP contribution in [0.2, 0.25) is 0 Å². The van der Waals surface area contributed by atoms with E-state index in [2.05, 4.69) is 20.9 Å². The molecule has 3 amide bonds. The molecule has 1 aromatic carbocycles. The van der Waals surface area contributed by atoms with Crippen LogP contribution in [0, 0.1) is 6.92 Å². The molecule has 1 aliphatic heterocycles. The summed E-state index contributed by atoms with van der Waals surface area (Å²) in [7, 11) is 2.78. The summed E-state index contributed by atoms with van der Waals surface area (Å²) in [4.78, 5) is 56.3. The van der Waals surface area contributed by atoms with Crippen LogP contribution in [0.1, 0.15) is 27.2 Å². The van der Waals surface area contributed by atoms with Crippen molar-refractivity contribution in [2.24, 2.45) is 0 Å². The number of ketones is 1. The van der Waals surface area contributed by atoms with E-state index in [0.717, 1.165) is 5.56 Å². The average molecular weight is 533 g/mol. The van der Waals surface area contributed by atoms with Gasteiger partial charge in [0, 0.05) is 14.2 Å². The Labute approximate surface area is 219 Å². The second-order valence-electron chi connectivity index (χ2n) is 8.88. The predicted octanol–water partition coefficient (Wildman–Crippen LogP) is 0.413. The molecule has 11 nitrogen and oxygen atoms in total. The smallest absolute Gasteiger partial charge is 0.263 e. The summed E-state index contributed by atoms with van der Waals surface area (Å²) in [5, 5.41) is 8.67. The van der Waals surface area contributed by atoms with Crippen LogP contribution in [0.25, 0.3) is 0 Å². The molecule has 37 heavy (non-hydrogen) atoms. The van der Waals surface area contributed by atoms with Gasteiger partial charge in [-0.25, -0.2) is 4.98 Å². The standard InChI is InChI=1S/C25H32N4O7S/c1-15-26-11-20(37-15)24(33)29-19(13-35-4)23(32)28-18(12-34-3)22(31)27-17(21(30)25(2)14-36-25)10-16-8-6-5-7-9-16/h5-9,11,17-19H,10,12-14H2,1-4H3,(H,27,31)(H,28,32)(H,29,33)/t17-,18+,19+,25+/m0/s1. The monoisotopic (exact) mass is 532 g/mol. The number of hydrogen-bond donors (Lipinski definition) is 3. The molecule has 0 saturated carbocycles. The molecular formula is C25H32N4O7S. The van der Waals surface area contributed by atoms with E-state index in [1.165, 1.54) is 31.8 Å². The number of nitrogens with one attached hydrogen (secondary N) is 3. The molecule has 3 N–H and O–H groups in total. The highest BCUT2D eigenvalue weighted by molar-refractivity contribution is 7.13. The molecule has 0 unspecified atom stereocenters. The van der Waals surface area contributed by atoms with Gasteiger partial charge in [0.25, 0.3) is 5.91 Å². The van der Waals surface area contributed by atoms with Gasteiger partial charge in [-0.3, -0.25) is 19.2 Å². The number of epoxide rings is 1. The number of aromatic nitrogens is 1. The Bertz CT molecular complexity index is 1100. The van der Waals surface area contributed by atoms with Crippen LogP contribution in [0.15, 0.2) is 36.5 Å². The fourth-order valence-electron chi connectivity index (χ4n) is 3.62. The van der Waals surface area contributed by atoms with E-state index in [-0.39, 0.29) is 32.0 Å². The van der Waals surface area contributed by atoms with Crippen LogP contribution in [0.5, 0.6) is 0 Å². The van der Waals surface area contributed by atoms with E-state index in [1.807, 2.05) is 30.3 Å². The van der Waals surface area contributed by atoms with Gasteiger partial charge in [-0.05, 0) is 25.8 Å². The Morgan fingerprint density at radius 2 is 1.57 bits per heavy atom. The molecule has 2 heterocycles. The minimum absolute atomic E-state index is 0.124. The fraction of sp³-hybridized carbons (Fsp3) is 0.480. The number of carbonyl (C=O) groups is 4. The lowest BCUT2D eigenvalue weighted by atomic mass is 9.94. The van der Waals surface area contributed by atoms with Crippen LogP contribution in [-0.2, 0) is 35.0 Å². The first-order valence-electron chi connectivity index (χ1n) is 11.7. The molecule has 0 radical (unpaired) electrons. The SMILES string of the molecule is COC[C@@H](NC(=O)c1cnc(C)s1)C(=O)N[C@H](COC)C(=O)N[C@@H](Cc1ccccc1)C(=O)[C@@]1(C)CO1. The molecule has 0 bridgehead atoms. The van der Waals surface area contributed by atoms with Gasteiger partial charge in [0.2, 0.25) is 11.8 Å². The summed E-state index contributed by atoms with van der Waals surface area (Å²) in [6.07, 6.45) is 1.68. The van der Waals surface area contributed by atoms with Crippen molar-refractivity contribution < 1.29 is 33.4 Å². The van der Waals surface area contributed by atoms with Crippen LogP contribution >= 0.6 is 11.3 Å². The predicted molar refractivity (Wildman–Crippen MR) is 135 cm³/mol. The lowest BCUT2D eigenvalue weighted by Gasteiger charge is -2.25. The first-order chi connectivity index (χ1) is 17.7. The van der Waals surface area contributed by atoms with Gasteiger partial charge in [-0.15, -0.1) is 11.3 Å². The van der Waals surface area contributed by atoms with Crippen molar-refractivity contribution in [2.45, 2.75) is 44.0 Å². The lowest BCUT2D eigenvalue weighted by molar-refractivity contribution is -0.134. The minimum Gasteiger partial charge on any atom is -0.382 e. The van der Waals surface area contributed by atoms with Gasteiger partial charge >= 0.3 is 0 Å². The molecule has 0 aliphatic carbocycles. The van der Waals surface area contributed by atoms with Gasteiger partial charge in [0.15, 0.2) is 5.78 Å². The Kier molecular flexibility index (Phi) is 9.86. The minimum atomic E-state index is -1.13. The molecular weight excluding hydrogens is 500 g/mol. The number of nitrogens with zero attached hydrogens (tertiary/aromatic N) is 1. The quantitative estimate of drug-likeness (QED) is 0.297. The molecule has 0 spiro atoms. The summed E-state index contributed by atoms with van der Waals surface area (Å²) >= 11 is 1.19. The molecule has 1 saturated heterocycles. The van der Waals surface area contributed by atoms with E-state index in [9.17, 15) is 19.2 Å². The van der Waals surface area contributed by atoms with Crippen molar-refractivity contribution in [2.75, 3.05) is 34.0 Å². The molecule has 1 aliphatic rings. The van der Waals surface area contributed by atoms with E-state index in [4.69, 9.17) is 14.2 Å². The lowest BCUT2D eigenvalue weighted by Crippen LogP contribution is -2.59. The first kappa shape index (κ1) is 28.4. The molecule has 3 rings (SSSR count). The number of hydrogen-bond acceptors (Lipinski definition) is 9. The van der Waals surface area contributed by atoms with Crippen molar-refractivity contribution in [3.8, 4) is 0 Å². The highest BCUT2D eigenvalue weighted by atomic mass is 32.1. The number of methoxy groups -OCH3 is 2. The Morgan fingerprint density at radius 1 is 1.00 bits per heavy atom. The van der Waals surface area contributed by atoms with E-state index in [0.29, 0.717) is 9.88 Å². The van der Waals surface area contributed by atoms with Crippen LogP contribution in [0.4, 0.5) is 0 Å². The summed E-state index contributed by atoms with van der Waals surface area (Å²) in [6, 6.07) is 6.20. The number of aryl methyl sites for hydroxylation is 1. The summed E-state index contributed by atoms with van der Waals surface area (Å²) < 4.78 is 15.6. The van der Waals surface area contributed by atoms with Crippen LogP contribution in [-0.4, -0.2) is 86.3 Å². The van der Waals surface area contributed by atoms with Crippen LogP contribution < -0.4 is 16.0 Å². The molecule has 2 aromatic rings. The molecule has 1 fully saturated rings. The van der Waals surface area contributed by atoms with Crippen molar-refractivity contribution in [1.82, 2.24) is 20.9 Å². The zero-order chi connectivity index (χ0) is 27.0. The van der Waals surface area contributed by atoms with Gasteiger partial charge in [0.05, 0.1) is 37.1 Å². The van der Waals surface area contributed by atoms with Gasteiger partial charge in [-0.1, -0.05) is 30.3 Å². The number of thiazole rings is 1. The maximum absolute atomic E-state index is 13.2. The van der Waals surface area contributed by atoms with E-state index in [1.54, 1.807) is 13.8 Å². The summed E-state index contributed by atoms with van der Waals surface area (Å²) in [5.74, 6) is -1.98. The van der Waals surface area contributed by atoms with Gasteiger partial charge < -0.3 is 30.2 Å². The molecule has 4 atom stereocenters. The second kappa shape index (κ2) is 12.9. The fourth-order valence-corrected chi connectivity index (χ4v) is 4.30. The zero-order valence-electron chi connectivity index (χ0n) is 21.2. The number of benzene rings is 1. The summed E-state index contributed by atoms with van der Waals surface area (Å²) in [5.41, 5.74) is -0.0887. The zero-order valence-corrected chi connectivity index (χ0v) is 22.1. The van der Waals surface area contributed by atoms with Gasteiger partial charge in [0.1, 0.15) is 22.6 Å². The maximum atomic E-state index is 13.2. The third kappa shape index (κ3) is 7.89. The van der Waals surface area contributed by atoms with Gasteiger partial charge in [-0.2, -0.15) is 0 Å². The molecule has 12 heteroatoms. The number of ether oxygens (including phenoxy) is 3. The third-order valence-corrected chi connectivity index (χ3v) is 6.69. The maximum Gasteiger partial charge on any atom is 0.263 e. The second-order valence-corrected chi connectivity index (χ2v) is 10.1. The first-order valence-corrected chi connectivity index (χ1v) is 12.5. The Morgan fingerprint density at radius 3 is 2.08 bits per heavy atom. The highest BCUT2D eigenvalue weighted by Crippen LogP contribution is 2.29. The topological polar surface area (TPSA) is 148 Å². The Hall–Kier alpha value is -3.19. The van der Waals surface area contributed by atoms with Crippen LogP contribution in [0.3, 0.4) is 0 Å². The number of Topliss-reactive ketones (excluding diaryl/α,β-unsaturated/α-hetero) is 1. The number of carbonyl (C=O) groups excluding carboxylic acids is 4. The normalized spacial score (nSPS) is 18.8. The number of rotatable bonds is 14. The van der Waals surface area contributed by atoms with Crippen molar-refractivity contribution in [3.05, 3.63) is 52.0 Å². The largest absolute Gasteiger partial charge is 0.382 e. The average Bonchev–Trinajstić information content (AvgIpc) is 3.48. The van der Waals surface area contributed by atoms with Crippen molar-refractivity contribution in [3.63, 3.8) is 0 Å². The van der Waals surface area contributed by atoms with Crippen molar-refractivity contribution in [1.29, 1.82) is 0 Å². The molecule has 200 valence electrons. The number of amides is 3. The van der Waals surface area contributed by atoms with E-state index < -0.39 is 41.4 Å². The van der Waals surface area contributed by atoms with Crippen molar-refractivity contribution >= 4 is 34.8 Å². The summed E-state index contributed by atoms with van der Waals surface area (Å²) in [6.45, 7) is 3.44. The third-order valence-electron chi connectivity index (χ3n) is 5.78. The Balaban J connectivity index is 1.70. The highest BCUT2D eigenvalue weighted by Gasteiger charge is 2.50. The molecule has 1 aromatic heterocycles. The van der Waals surface area contributed by atoms with E-state index >= 15 is 0 Å².